The molecule has 0 saturated heterocycles. The molecule has 8 heteroatoms. The van der Waals surface area contributed by atoms with E-state index in [0.717, 1.165) is 11.8 Å². The van der Waals surface area contributed by atoms with Crippen molar-refractivity contribution in [2.45, 2.75) is 11.3 Å². The molecule has 0 fully saturated rings. The fraction of sp³-hybridized carbons (Fsp3) is 0.111. The average molecular weight is 391 g/mol. The highest BCUT2D eigenvalue weighted by molar-refractivity contribution is 7.90. The lowest BCUT2D eigenvalue weighted by Gasteiger charge is -2.12. The molecule has 0 aliphatic rings. The molecule has 0 spiro atoms. The number of ether oxygens (including phenoxy) is 1. The predicted molar refractivity (Wildman–Crippen MR) is 98.7 cm³/mol. The molecule has 0 amide bonds. The van der Waals surface area contributed by atoms with E-state index in [9.17, 15) is 13.2 Å². The van der Waals surface area contributed by atoms with Crippen LogP contribution < -0.4 is 10.3 Å². The summed E-state index contributed by atoms with van der Waals surface area (Å²) in [5.41, 5.74) is 1.25. The highest BCUT2D eigenvalue weighted by Gasteiger charge is 2.15. The fourth-order valence-electron chi connectivity index (χ4n) is 2.38. The van der Waals surface area contributed by atoms with Gasteiger partial charge in [0.25, 0.3) is 5.56 Å². The number of H-pyrrole nitrogens is 1. The van der Waals surface area contributed by atoms with Gasteiger partial charge in [0.15, 0.2) is 9.84 Å². The molecule has 0 aliphatic heterocycles. The normalized spacial score (nSPS) is 11.3. The first kappa shape index (κ1) is 18.2. The SMILES string of the molecule is CS(=O)(=O)c1ccccc1Oc1cc(Cc2ccc(=O)[nH]n2)ccc1Cl. The van der Waals surface area contributed by atoms with Crippen LogP contribution in [0.1, 0.15) is 11.3 Å². The number of benzene rings is 2. The summed E-state index contributed by atoms with van der Waals surface area (Å²) in [5.74, 6) is 0.543. The Morgan fingerprint density at radius 1 is 1.08 bits per heavy atom. The zero-order chi connectivity index (χ0) is 18.7. The Morgan fingerprint density at radius 2 is 1.85 bits per heavy atom. The van der Waals surface area contributed by atoms with Crippen molar-refractivity contribution in [2.24, 2.45) is 0 Å². The van der Waals surface area contributed by atoms with Crippen molar-refractivity contribution in [3.63, 3.8) is 0 Å². The van der Waals surface area contributed by atoms with Crippen molar-refractivity contribution in [1.29, 1.82) is 0 Å². The molecule has 3 aromatic rings. The Morgan fingerprint density at radius 3 is 2.54 bits per heavy atom. The van der Waals surface area contributed by atoms with E-state index in [0.29, 0.717) is 22.9 Å². The maximum absolute atomic E-state index is 11.9. The van der Waals surface area contributed by atoms with Crippen molar-refractivity contribution >= 4 is 21.4 Å². The van der Waals surface area contributed by atoms with Crippen LogP contribution in [0.3, 0.4) is 0 Å². The number of para-hydroxylation sites is 1. The van der Waals surface area contributed by atoms with Crippen LogP contribution in [-0.4, -0.2) is 24.9 Å². The molecule has 1 heterocycles. The minimum absolute atomic E-state index is 0.0868. The lowest BCUT2D eigenvalue weighted by atomic mass is 10.1. The largest absolute Gasteiger partial charge is 0.454 e. The number of nitrogens with zero attached hydrogens (tertiary/aromatic N) is 1. The summed E-state index contributed by atoms with van der Waals surface area (Å²) in [6.45, 7) is 0. The second-order valence-corrected chi connectivity index (χ2v) is 8.07. The van der Waals surface area contributed by atoms with Gasteiger partial charge in [-0.2, -0.15) is 5.10 Å². The summed E-state index contributed by atoms with van der Waals surface area (Å²) in [6.07, 6.45) is 1.58. The van der Waals surface area contributed by atoms with E-state index in [4.69, 9.17) is 16.3 Å². The summed E-state index contributed by atoms with van der Waals surface area (Å²) < 4.78 is 29.6. The lowest BCUT2D eigenvalue weighted by molar-refractivity contribution is 0.467. The molecule has 1 N–H and O–H groups in total. The van der Waals surface area contributed by atoms with Crippen molar-refractivity contribution in [3.05, 3.63) is 81.2 Å². The smallest absolute Gasteiger partial charge is 0.264 e. The molecule has 3 rings (SSSR count). The predicted octanol–water partition coefficient (Wildman–Crippen LogP) is 3.21. The van der Waals surface area contributed by atoms with E-state index in [1.807, 2.05) is 6.07 Å². The van der Waals surface area contributed by atoms with Gasteiger partial charge in [0.2, 0.25) is 0 Å². The number of aromatic nitrogens is 2. The van der Waals surface area contributed by atoms with Crippen molar-refractivity contribution in [1.82, 2.24) is 10.2 Å². The highest BCUT2D eigenvalue weighted by atomic mass is 35.5. The molecule has 1 aromatic heterocycles. The molecule has 134 valence electrons. The van der Waals surface area contributed by atoms with Gasteiger partial charge in [0.05, 0.1) is 10.7 Å². The number of hydrogen-bond donors (Lipinski definition) is 1. The number of halogens is 1. The van der Waals surface area contributed by atoms with Crippen LogP contribution in [0.4, 0.5) is 0 Å². The van der Waals surface area contributed by atoms with Gasteiger partial charge in [0, 0.05) is 18.7 Å². The third-order valence-corrected chi connectivity index (χ3v) is 5.03. The van der Waals surface area contributed by atoms with Gasteiger partial charge >= 0.3 is 0 Å². The summed E-state index contributed by atoms with van der Waals surface area (Å²) in [7, 11) is -3.44. The van der Waals surface area contributed by atoms with Gasteiger partial charge in [-0.15, -0.1) is 0 Å². The number of aromatic amines is 1. The van der Waals surface area contributed by atoms with E-state index < -0.39 is 9.84 Å². The highest BCUT2D eigenvalue weighted by Crippen LogP contribution is 2.34. The van der Waals surface area contributed by atoms with E-state index in [1.54, 1.807) is 36.4 Å². The van der Waals surface area contributed by atoms with Gasteiger partial charge in [-0.25, -0.2) is 13.5 Å². The maximum atomic E-state index is 11.9. The van der Waals surface area contributed by atoms with E-state index in [-0.39, 0.29) is 16.2 Å². The Labute approximate surface area is 155 Å². The van der Waals surface area contributed by atoms with Crippen LogP contribution in [0.2, 0.25) is 5.02 Å². The third-order valence-electron chi connectivity index (χ3n) is 3.59. The zero-order valence-electron chi connectivity index (χ0n) is 13.8. The zero-order valence-corrected chi connectivity index (χ0v) is 15.3. The molecule has 0 unspecified atom stereocenters. The second kappa shape index (κ2) is 7.31. The molecule has 26 heavy (non-hydrogen) atoms. The summed E-state index contributed by atoms with van der Waals surface area (Å²) in [4.78, 5) is 11.2. The quantitative estimate of drug-likeness (QED) is 0.722. The van der Waals surface area contributed by atoms with Crippen molar-refractivity contribution in [2.75, 3.05) is 6.26 Å². The first-order valence-corrected chi connectivity index (χ1v) is 9.90. The molecule has 2 aromatic carbocycles. The molecule has 0 atom stereocenters. The van der Waals surface area contributed by atoms with Crippen LogP contribution in [-0.2, 0) is 16.3 Å². The maximum Gasteiger partial charge on any atom is 0.264 e. The van der Waals surface area contributed by atoms with Gasteiger partial charge in [-0.1, -0.05) is 29.8 Å². The van der Waals surface area contributed by atoms with Crippen LogP contribution >= 0.6 is 11.6 Å². The monoisotopic (exact) mass is 390 g/mol. The Hall–Kier alpha value is -2.64. The first-order chi connectivity index (χ1) is 12.3. The van der Waals surface area contributed by atoms with Crippen LogP contribution in [0, 0.1) is 0 Å². The van der Waals surface area contributed by atoms with Gasteiger partial charge in [0.1, 0.15) is 16.4 Å². The molecule has 0 aliphatic carbocycles. The average Bonchev–Trinajstić information content (AvgIpc) is 2.59. The van der Waals surface area contributed by atoms with E-state index >= 15 is 0 Å². The van der Waals surface area contributed by atoms with Gasteiger partial charge < -0.3 is 4.74 Å². The van der Waals surface area contributed by atoms with Crippen molar-refractivity contribution in [3.8, 4) is 11.5 Å². The van der Waals surface area contributed by atoms with Gasteiger partial charge in [-0.3, -0.25) is 4.79 Å². The number of hydrogen-bond acceptors (Lipinski definition) is 5. The third kappa shape index (κ3) is 4.30. The minimum Gasteiger partial charge on any atom is -0.454 e. The van der Waals surface area contributed by atoms with Gasteiger partial charge in [-0.05, 0) is 35.9 Å². The Kier molecular flexibility index (Phi) is 5.11. The summed E-state index contributed by atoms with van der Waals surface area (Å²) >= 11 is 6.20. The standard InChI is InChI=1S/C18H15ClN2O4S/c1-26(23,24)17-5-3-2-4-15(17)25-16-11-12(6-8-14(16)19)10-13-7-9-18(22)21-20-13/h2-9,11H,10H2,1H3,(H,21,22). The number of rotatable bonds is 5. The van der Waals surface area contributed by atoms with E-state index in [2.05, 4.69) is 10.2 Å². The second-order valence-electron chi connectivity index (χ2n) is 5.68. The fourth-order valence-corrected chi connectivity index (χ4v) is 3.33. The number of nitrogens with one attached hydrogen (secondary N) is 1. The van der Waals surface area contributed by atoms with Crippen LogP contribution in [0.15, 0.2) is 64.3 Å². The minimum atomic E-state index is -3.44. The summed E-state index contributed by atoms with van der Waals surface area (Å²) in [6, 6.07) is 14.6. The first-order valence-electron chi connectivity index (χ1n) is 7.63. The summed E-state index contributed by atoms with van der Waals surface area (Å²) in [5, 5.41) is 6.70. The topological polar surface area (TPSA) is 89.1 Å². The molecule has 6 nitrogen and oxygen atoms in total. The Balaban J connectivity index is 1.92. The lowest BCUT2D eigenvalue weighted by Crippen LogP contribution is -2.07. The van der Waals surface area contributed by atoms with Crippen LogP contribution in [0.25, 0.3) is 0 Å². The van der Waals surface area contributed by atoms with E-state index in [1.165, 1.54) is 12.1 Å². The molecular formula is C18H15ClN2O4S. The molecule has 0 bridgehead atoms. The van der Waals surface area contributed by atoms with Crippen LogP contribution in [0.5, 0.6) is 11.5 Å². The molecule has 0 saturated carbocycles. The van der Waals surface area contributed by atoms with Crippen molar-refractivity contribution < 1.29 is 13.2 Å². The molecule has 0 radical (unpaired) electrons. The number of sulfone groups is 1. The molecular weight excluding hydrogens is 376 g/mol. The Bertz CT molecular complexity index is 1090.